The normalized spacial score (nSPS) is 20.7. The first-order valence-electron chi connectivity index (χ1n) is 6.37. The predicted octanol–water partition coefficient (Wildman–Crippen LogP) is 2.64. The first kappa shape index (κ1) is 13.6. The minimum atomic E-state index is 0.321. The zero-order valence-corrected chi connectivity index (χ0v) is 11.8. The molecule has 1 fully saturated rings. The van der Waals surface area contributed by atoms with Gasteiger partial charge in [0.05, 0.1) is 7.11 Å². The van der Waals surface area contributed by atoms with Gasteiger partial charge in [0.15, 0.2) is 11.5 Å². The smallest absolute Gasteiger partial charge is 0.161 e. The van der Waals surface area contributed by atoms with Crippen LogP contribution >= 0.6 is 11.8 Å². The van der Waals surface area contributed by atoms with E-state index in [0.717, 1.165) is 23.7 Å². The third kappa shape index (κ3) is 3.12. The molecule has 100 valence electrons. The number of methoxy groups -OCH3 is 1. The molecule has 0 radical (unpaired) electrons. The molecule has 3 nitrogen and oxygen atoms in total. The molecule has 1 saturated heterocycles. The number of hydrogen-bond donors (Lipinski definition) is 1. The first-order chi connectivity index (χ1) is 8.74. The van der Waals surface area contributed by atoms with E-state index in [-0.39, 0.29) is 0 Å². The lowest BCUT2D eigenvalue weighted by atomic mass is 10.0. The molecule has 1 aromatic rings. The molecule has 2 atom stereocenters. The molecule has 0 saturated carbocycles. The van der Waals surface area contributed by atoms with Crippen molar-refractivity contribution in [3.8, 4) is 11.5 Å². The number of thioether (sulfide) groups is 1. The summed E-state index contributed by atoms with van der Waals surface area (Å²) in [4.78, 5) is 0. The highest BCUT2D eigenvalue weighted by atomic mass is 32.2. The third-order valence-electron chi connectivity index (χ3n) is 3.29. The van der Waals surface area contributed by atoms with E-state index < -0.39 is 0 Å². The van der Waals surface area contributed by atoms with Gasteiger partial charge in [-0.15, -0.1) is 0 Å². The molecule has 1 aromatic carbocycles. The SMILES string of the molecule is COc1cc(C(C)CN)ccc1OC1CCSC1. The summed E-state index contributed by atoms with van der Waals surface area (Å²) in [5, 5.41) is 0. The van der Waals surface area contributed by atoms with E-state index in [0.29, 0.717) is 18.6 Å². The highest BCUT2D eigenvalue weighted by Crippen LogP contribution is 2.33. The molecule has 0 aliphatic carbocycles. The summed E-state index contributed by atoms with van der Waals surface area (Å²) in [5.74, 6) is 4.26. The van der Waals surface area contributed by atoms with Crippen LogP contribution in [0.25, 0.3) is 0 Å². The summed E-state index contributed by atoms with van der Waals surface area (Å²) in [6, 6.07) is 6.12. The van der Waals surface area contributed by atoms with Gasteiger partial charge in [-0.05, 0) is 42.3 Å². The van der Waals surface area contributed by atoms with Crippen LogP contribution in [0.2, 0.25) is 0 Å². The van der Waals surface area contributed by atoms with Crippen molar-refractivity contribution in [2.45, 2.75) is 25.4 Å². The van der Waals surface area contributed by atoms with Gasteiger partial charge in [0.1, 0.15) is 6.10 Å². The van der Waals surface area contributed by atoms with Gasteiger partial charge in [-0.25, -0.2) is 0 Å². The van der Waals surface area contributed by atoms with Crippen molar-refractivity contribution in [2.75, 3.05) is 25.2 Å². The number of hydrogen-bond acceptors (Lipinski definition) is 4. The van der Waals surface area contributed by atoms with Crippen LogP contribution in [0, 0.1) is 0 Å². The van der Waals surface area contributed by atoms with E-state index in [1.54, 1.807) is 7.11 Å². The molecule has 2 rings (SSSR count). The highest BCUT2D eigenvalue weighted by Gasteiger charge is 2.19. The predicted molar refractivity (Wildman–Crippen MR) is 76.8 cm³/mol. The fraction of sp³-hybridized carbons (Fsp3) is 0.571. The van der Waals surface area contributed by atoms with E-state index in [4.69, 9.17) is 15.2 Å². The van der Waals surface area contributed by atoms with Crippen LogP contribution in [-0.2, 0) is 0 Å². The molecule has 0 amide bonds. The monoisotopic (exact) mass is 267 g/mol. The Kier molecular flexibility index (Phi) is 4.78. The summed E-state index contributed by atoms with van der Waals surface area (Å²) in [5.41, 5.74) is 6.89. The molecular weight excluding hydrogens is 246 g/mol. The Labute approximate surface area is 113 Å². The molecule has 0 aromatic heterocycles. The van der Waals surface area contributed by atoms with Crippen LogP contribution in [0.5, 0.6) is 11.5 Å². The quantitative estimate of drug-likeness (QED) is 0.890. The Bertz CT molecular complexity index is 391. The topological polar surface area (TPSA) is 44.5 Å². The molecular formula is C14H21NO2S. The maximum atomic E-state index is 5.99. The second-order valence-corrected chi connectivity index (χ2v) is 5.80. The minimum absolute atomic E-state index is 0.321. The maximum Gasteiger partial charge on any atom is 0.161 e. The van der Waals surface area contributed by atoms with Crippen molar-refractivity contribution in [1.82, 2.24) is 0 Å². The molecule has 1 aliphatic heterocycles. The Balaban J connectivity index is 2.14. The van der Waals surface area contributed by atoms with Gasteiger partial charge < -0.3 is 15.2 Å². The zero-order chi connectivity index (χ0) is 13.0. The molecule has 2 unspecified atom stereocenters. The standard InChI is InChI=1S/C14H21NO2S/c1-10(8-15)11-3-4-13(14(7-11)16-2)17-12-5-6-18-9-12/h3-4,7,10,12H,5-6,8-9,15H2,1-2H3. The summed E-state index contributed by atoms with van der Waals surface area (Å²) in [6.45, 7) is 2.76. The van der Waals surface area contributed by atoms with Crippen LogP contribution in [0.3, 0.4) is 0 Å². The molecule has 4 heteroatoms. The van der Waals surface area contributed by atoms with Gasteiger partial charge in [-0.2, -0.15) is 11.8 Å². The molecule has 0 bridgehead atoms. The molecule has 18 heavy (non-hydrogen) atoms. The second-order valence-electron chi connectivity index (χ2n) is 4.65. The van der Waals surface area contributed by atoms with Crippen molar-refractivity contribution in [3.63, 3.8) is 0 Å². The van der Waals surface area contributed by atoms with Crippen LogP contribution in [0.15, 0.2) is 18.2 Å². The summed E-state index contributed by atoms with van der Waals surface area (Å²) in [7, 11) is 1.68. The van der Waals surface area contributed by atoms with Crippen LogP contribution in [0.1, 0.15) is 24.8 Å². The zero-order valence-electron chi connectivity index (χ0n) is 11.0. The van der Waals surface area contributed by atoms with Gasteiger partial charge >= 0.3 is 0 Å². The Morgan fingerprint density at radius 2 is 2.28 bits per heavy atom. The van der Waals surface area contributed by atoms with Gasteiger partial charge in [0.25, 0.3) is 0 Å². The van der Waals surface area contributed by atoms with E-state index in [1.165, 1.54) is 11.3 Å². The Hall–Kier alpha value is -0.870. The average molecular weight is 267 g/mol. The van der Waals surface area contributed by atoms with Crippen LogP contribution in [-0.4, -0.2) is 31.3 Å². The first-order valence-corrected chi connectivity index (χ1v) is 7.52. The molecule has 1 aliphatic rings. The van der Waals surface area contributed by atoms with Crippen molar-refractivity contribution in [3.05, 3.63) is 23.8 Å². The molecule has 1 heterocycles. The lowest BCUT2D eigenvalue weighted by Crippen LogP contribution is -2.15. The minimum Gasteiger partial charge on any atom is -0.493 e. The highest BCUT2D eigenvalue weighted by molar-refractivity contribution is 7.99. The van der Waals surface area contributed by atoms with Crippen molar-refractivity contribution >= 4 is 11.8 Å². The molecule has 2 N–H and O–H groups in total. The summed E-state index contributed by atoms with van der Waals surface area (Å²) >= 11 is 1.94. The van der Waals surface area contributed by atoms with Gasteiger partial charge in [-0.3, -0.25) is 0 Å². The van der Waals surface area contributed by atoms with E-state index in [2.05, 4.69) is 13.0 Å². The number of rotatable bonds is 5. The fourth-order valence-corrected chi connectivity index (χ4v) is 3.10. The lowest BCUT2D eigenvalue weighted by Gasteiger charge is -2.17. The summed E-state index contributed by atoms with van der Waals surface area (Å²) < 4.78 is 11.4. The van der Waals surface area contributed by atoms with Crippen molar-refractivity contribution < 1.29 is 9.47 Å². The Morgan fingerprint density at radius 3 is 2.89 bits per heavy atom. The lowest BCUT2D eigenvalue weighted by molar-refractivity contribution is 0.218. The fourth-order valence-electron chi connectivity index (χ4n) is 2.01. The average Bonchev–Trinajstić information content (AvgIpc) is 2.91. The largest absolute Gasteiger partial charge is 0.493 e. The Morgan fingerprint density at radius 1 is 1.44 bits per heavy atom. The van der Waals surface area contributed by atoms with E-state index in [9.17, 15) is 0 Å². The second kappa shape index (κ2) is 6.34. The number of benzene rings is 1. The van der Waals surface area contributed by atoms with Gasteiger partial charge in [0.2, 0.25) is 0 Å². The number of nitrogens with two attached hydrogens (primary N) is 1. The van der Waals surface area contributed by atoms with E-state index >= 15 is 0 Å². The third-order valence-corrected chi connectivity index (χ3v) is 4.42. The van der Waals surface area contributed by atoms with Crippen molar-refractivity contribution in [2.24, 2.45) is 5.73 Å². The maximum absolute atomic E-state index is 5.99. The van der Waals surface area contributed by atoms with E-state index in [1.807, 2.05) is 23.9 Å². The van der Waals surface area contributed by atoms with Crippen molar-refractivity contribution in [1.29, 1.82) is 0 Å². The van der Waals surface area contributed by atoms with Crippen LogP contribution < -0.4 is 15.2 Å². The number of ether oxygens (including phenoxy) is 2. The molecule has 0 spiro atoms. The van der Waals surface area contributed by atoms with Gasteiger partial charge in [0, 0.05) is 5.75 Å². The van der Waals surface area contributed by atoms with Gasteiger partial charge in [-0.1, -0.05) is 13.0 Å². The summed E-state index contributed by atoms with van der Waals surface area (Å²) in [6.07, 6.45) is 1.44. The van der Waals surface area contributed by atoms with Crippen LogP contribution in [0.4, 0.5) is 0 Å².